The smallest absolute Gasteiger partial charge is 0.261 e. The zero-order valence-corrected chi connectivity index (χ0v) is 10.5. The molecule has 0 atom stereocenters. The molecule has 1 aromatic rings. The van der Waals surface area contributed by atoms with Gasteiger partial charge in [0.15, 0.2) is 0 Å². The van der Waals surface area contributed by atoms with Crippen molar-refractivity contribution in [3.05, 3.63) is 16.3 Å². The quantitative estimate of drug-likeness (QED) is 0.618. The lowest BCUT2D eigenvalue weighted by atomic mass is 10.4. The van der Waals surface area contributed by atoms with Crippen LogP contribution >= 0.6 is 35.7 Å². The highest BCUT2D eigenvalue weighted by atomic mass is 32.2. The van der Waals surface area contributed by atoms with Gasteiger partial charge in [-0.1, -0.05) is 0 Å². The average Bonchev–Trinajstić information content (AvgIpc) is 2.59. The molecule has 1 aromatic heterocycles. The number of nitrogens with one attached hydrogen (secondary N) is 1. The van der Waals surface area contributed by atoms with Crippen LogP contribution in [0, 0.1) is 0 Å². The maximum Gasteiger partial charge on any atom is 0.261 e. The molecule has 14 heavy (non-hydrogen) atoms. The number of hydrogen-bond acceptors (Lipinski definition) is 4. The number of hydrogen-bond donors (Lipinski definition) is 2. The molecule has 1 N–H and O–H groups in total. The van der Waals surface area contributed by atoms with Crippen molar-refractivity contribution in [2.75, 3.05) is 18.6 Å². The molecule has 5 heteroatoms. The van der Waals surface area contributed by atoms with Crippen molar-refractivity contribution in [2.24, 2.45) is 0 Å². The van der Waals surface area contributed by atoms with Crippen LogP contribution in [0.3, 0.4) is 0 Å². The summed E-state index contributed by atoms with van der Waals surface area (Å²) in [6.07, 6.45) is 3.08. The van der Waals surface area contributed by atoms with Crippen molar-refractivity contribution in [3.8, 4) is 0 Å². The second-order valence-electron chi connectivity index (χ2n) is 2.77. The van der Waals surface area contributed by atoms with Crippen LogP contribution in [0.2, 0.25) is 0 Å². The minimum Gasteiger partial charge on any atom is -0.351 e. The predicted octanol–water partition coefficient (Wildman–Crippen LogP) is 2.52. The predicted molar refractivity (Wildman–Crippen MR) is 66.9 cm³/mol. The Morgan fingerprint density at radius 2 is 2.50 bits per heavy atom. The monoisotopic (exact) mass is 247 g/mol. The summed E-state index contributed by atoms with van der Waals surface area (Å²) < 4.78 is 0. The molecule has 1 heterocycles. The summed E-state index contributed by atoms with van der Waals surface area (Å²) in [5.41, 5.74) is 0. The fourth-order valence-electron chi connectivity index (χ4n) is 0.951. The molecule has 0 spiro atoms. The Kier molecular flexibility index (Phi) is 5.44. The molecule has 0 saturated heterocycles. The number of amides is 1. The van der Waals surface area contributed by atoms with E-state index in [0.717, 1.165) is 28.5 Å². The van der Waals surface area contributed by atoms with E-state index in [0.29, 0.717) is 0 Å². The lowest BCUT2D eigenvalue weighted by Crippen LogP contribution is -2.23. The van der Waals surface area contributed by atoms with Gasteiger partial charge in [-0.15, -0.1) is 24.0 Å². The van der Waals surface area contributed by atoms with Gasteiger partial charge in [-0.05, 0) is 24.5 Å². The molecule has 0 fully saturated rings. The molecule has 0 aromatic carbocycles. The largest absolute Gasteiger partial charge is 0.351 e. The van der Waals surface area contributed by atoms with E-state index in [4.69, 9.17) is 0 Å². The molecule has 78 valence electrons. The zero-order chi connectivity index (χ0) is 10.4. The van der Waals surface area contributed by atoms with Gasteiger partial charge in [0.2, 0.25) is 0 Å². The number of thiol groups is 1. The van der Waals surface area contributed by atoms with Gasteiger partial charge < -0.3 is 5.32 Å². The number of rotatable bonds is 5. The molecule has 0 radical (unpaired) electrons. The van der Waals surface area contributed by atoms with Gasteiger partial charge in [-0.25, -0.2) is 0 Å². The van der Waals surface area contributed by atoms with Gasteiger partial charge in [0.25, 0.3) is 5.91 Å². The first-order valence-electron chi connectivity index (χ1n) is 4.28. The SMILES string of the molecule is CSCCCNC(=O)c1cc(S)cs1. The Bertz CT molecular complexity index is 298. The van der Waals surface area contributed by atoms with E-state index < -0.39 is 0 Å². The number of carbonyl (C=O) groups excluding carboxylic acids is 1. The molecule has 0 saturated carbocycles. The summed E-state index contributed by atoms with van der Waals surface area (Å²) in [6.45, 7) is 0.749. The fraction of sp³-hybridized carbons (Fsp3) is 0.444. The highest BCUT2D eigenvalue weighted by Gasteiger charge is 2.06. The van der Waals surface area contributed by atoms with Gasteiger partial charge >= 0.3 is 0 Å². The van der Waals surface area contributed by atoms with Gasteiger partial charge in [0.05, 0.1) is 4.88 Å². The summed E-state index contributed by atoms with van der Waals surface area (Å²) >= 11 is 7.37. The molecule has 2 nitrogen and oxygen atoms in total. The first-order valence-corrected chi connectivity index (χ1v) is 7.00. The third kappa shape index (κ3) is 3.94. The van der Waals surface area contributed by atoms with Crippen molar-refractivity contribution >= 4 is 41.6 Å². The van der Waals surface area contributed by atoms with Gasteiger partial charge in [-0.3, -0.25) is 4.79 Å². The minimum absolute atomic E-state index is 0.0106. The molecule has 0 aliphatic carbocycles. The topological polar surface area (TPSA) is 29.1 Å². The fourth-order valence-corrected chi connectivity index (χ4v) is 2.45. The second-order valence-corrected chi connectivity index (χ2v) is 5.18. The van der Waals surface area contributed by atoms with E-state index in [1.54, 1.807) is 17.8 Å². The number of thioether (sulfide) groups is 1. The van der Waals surface area contributed by atoms with E-state index in [9.17, 15) is 4.79 Å². The average molecular weight is 247 g/mol. The van der Waals surface area contributed by atoms with E-state index in [1.165, 1.54) is 11.3 Å². The first-order chi connectivity index (χ1) is 6.74. The molecule has 0 unspecified atom stereocenters. The highest BCUT2D eigenvalue weighted by Crippen LogP contribution is 2.17. The van der Waals surface area contributed by atoms with Crippen LogP contribution < -0.4 is 5.32 Å². The summed E-state index contributed by atoms with van der Waals surface area (Å²) in [4.78, 5) is 13.1. The van der Waals surface area contributed by atoms with E-state index in [2.05, 4.69) is 24.2 Å². The van der Waals surface area contributed by atoms with Crippen LogP contribution in [0.15, 0.2) is 16.3 Å². The maximum atomic E-state index is 11.5. The van der Waals surface area contributed by atoms with Crippen molar-refractivity contribution in [1.29, 1.82) is 0 Å². The Morgan fingerprint density at radius 3 is 3.07 bits per heavy atom. The Morgan fingerprint density at radius 1 is 1.71 bits per heavy atom. The zero-order valence-electron chi connectivity index (χ0n) is 7.95. The highest BCUT2D eigenvalue weighted by molar-refractivity contribution is 7.98. The van der Waals surface area contributed by atoms with Crippen LogP contribution in [-0.2, 0) is 0 Å². The summed E-state index contributed by atoms with van der Waals surface area (Å²) in [7, 11) is 0. The molecular formula is C9H13NOS3. The second kappa shape index (κ2) is 6.37. The van der Waals surface area contributed by atoms with Crippen LogP contribution in [-0.4, -0.2) is 24.5 Å². The van der Waals surface area contributed by atoms with E-state index in [-0.39, 0.29) is 5.91 Å². The lowest BCUT2D eigenvalue weighted by Gasteiger charge is -2.01. The lowest BCUT2D eigenvalue weighted by molar-refractivity contribution is 0.0957. The molecule has 1 amide bonds. The van der Waals surface area contributed by atoms with E-state index >= 15 is 0 Å². The van der Waals surface area contributed by atoms with Crippen molar-refractivity contribution in [3.63, 3.8) is 0 Å². The van der Waals surface area contributed by atoms with Gasteiger partial charge in [-0.2, -0.15) is 11.8 Å². The molecular weight excluding hydrogens is 234 g/mol. The van der Waals surface area contributed by atoms with Gasteiger partial charge in [0.1, 0.15) is 0 Å². The summed E-state index contributed by atoms with van der Waals surface area (Å²) in [5.74, 6) is 1.10. The Hall–Kier alpha value is -0.130. The third-order valence-electron chi connectivity index (χ3n) is 1.62. The number of carbonyl (C=O) groups is 1. The Labute approximate surface area is 97.9 Å². The molecule has 0 aliphatic rings. The van der Waals surface area contributed by atoms with Crippen molar-refractivity contribution in [2.45, 2.75) is 11.3 Å². The van der Waals surface area contributed by atoms with Crippen molar-refractivity contribution in [1.82, 2.24) is 5.32 Å². The van der Waals surface area contributed by atoms with Crippen LogP contribution in [0.25, 0.3) is 0 Å². The first kappa shape index (κ1) is 11.9. The van der Waals surface area contributed by atoms with Gasteiger partial charge in [0, 0.05) is 16.8 Å². The summed E-state index contributed by atoms with van der Waals surface area (Å²) in [6, 6.07) is 1.79. The third-order valence-corrected chi connectivity index (χ3v) is 3.68. The van der Waals surface area contributed by atoms with Crippen LogP contribution in [0.5, 0.6) is 0 Å². The molecule has 0 bridgehead atoms. The van der Waals surface area contributed by atoms with Crippen LogP contribution in [0.1, 0.15) is 16.1 Å². The molecule has 1 rings (SSSR count). The number of thiophene rings is 1. The normalized spacial score (nSPS) is 10.1. The standard InChI is InChI=1S/C9H13NOS3/c1-13-4-2-3-10-9(11)8-5-7(12)6-14-8/h5-6,12H,2-4H2,1H3,(H,10,11). The maximum absolute atomic E-state index is 11.5. The van der Waals surface area contributed by atoms with Crippen molar-refractivity contribution < 1.29 is 4.79 Å². The Balaban J connectivity index is 2.29. The minimum atomic E-state index is 0.0106. The van der Waals surface area contributed by atoms with E-state index in [1.807, 2.05) is 5.38 Å². The van der Waals surface area contributed by atoms with Crippen LogP contribution in [0.4, 0.5) is 0 Å². The molecule has 0 aliphatic heterocycles. The summed E-state index contributed by atoms with van der Waals surface area (Å²) in [5, 5.41) is 4.73.